The first kappa shape index (κ1) is 21.8. The summed E-state index contributed by atoms with van der Waals surface area (Å²) in [7, 11) is 0. The molecule has 7 aliphatic rings. The van der Waals surface area contributed by atoms with Gasteiger partial charge in [-0.05, 0) is 80.7 Å². The van der Waals surface area contributed by atoms with Crippen LogP contribution in [0.1, 0.15) is 55.2 Å². The molecule has 5 fully saturated rings. The highest BCUT2D eigenvalue weighted by Gasteiger charge is 2.74. The summed E-state index contributed by atoms with van der Waals surface area (Å²) in [6.45, 7) is 3.12. The lowest BCUT2D eigenvalue weighted by Gasteiger charge is -2.66. The summed E-state index contributed by atoms with van der Waals surface area (Å²) < 4.78 is 6.85. The van der Waals surface area contributed by atoms with Gasteiger partial charge in [-0.3, -0.25) is 14.8 Å². The molecule has 7 nitrogen and oxygen atoms in total. The van der Waals surface area contributed by atoms with Gasteiger partial charge in [0.2, 0.25) is 5.91 Å². The van der Waals surface area contributed by atoms with Crippen LogP contribution in [0.4, 0.5) is 0 Å². The van der Waals surface area contributed by atoms with Gasteiger partial charge in [-0.2, -0.15) is 5.10 Å². The van der Waals surface area contributed by atoms with Crippen LogP contribution in [0.5, 0.6) is 11.5 Å². The summed E-state index contributed by atoms with van der Waals surface area (Å²) in [5, 5.41) is 19.2. The van der Waals surface area contributed by atoms with Crippen molar-refractivity contribution >= 4 is 16.8 Å². The minimum absolute atomic E-state index is 0.0439. The number of ether oxygens (including phenoxy) is 1. The van der Waals surface area contributed by atoms with Crippen LogP contribution >= 0.6 is 0 Å². The third kappa shape index (κ3) is 2.63. The normalized spacial score (nSPS) is 34.7. The van der Waals surface area contributed by atoms with Crippen molar-refractivity contribution in [3.8, 4) is 11.5 Å². The summed E-state index contributed by atoms with van der Waals surface area (Å²) in [6.07, 6.45) is 10.1. The first-order valence-corrected chi connectivity index (χ1v) is 14.5. The van der Waals surface area contributed by atoms with E-state index in [2.05, 4.69) is 38.2 Å². The van der Waals surface area contributed by atoms with Gasteiger partial charge in [-0.25, -0.2) is 0 Å². The maximum absolute atomic E-state index is 14.0. The molecule has 2 aromatic carbocycles. The van der Waals surface area contributed by atoms with Crippen molar-refractivity contribution in [1.29, 1.82) is 0 Å². The Balaban J connectivity index is 1.13. The Kier molecular flexibility index (Phi) is 4.20. The molecule has 3 saturated heterocycles. The van der Waals surface area contributed by atoms with E-state index >= 15 is 0 Å². The highest BCUT2D eigenvalue weighted by Crippen LogP contribution is 2.71. The van der Waals surface area contributed by atoms with Crippen LogP contribution in [0.2, 0.25) is 0 Å². The predicted octanol–water partition coefficient (Wildman–Crippen LogP) is 3.93. The number of carbonyl (C=O) groups excluding carboxylic acids is 1. The van der Waals surface area contributed by atoms with Crippen LogP contribution in [0.15, 0.2) is 36.5 Å². The highest BCUT2D eigenvalue weighted by atomic mass is 16.5. The number of aromatic nitrogens is 2. The smallest absolute Gasteiger partial charge is 0.227 e. The number of amides is 1. The SMILES string of the molecule is O=C(Cc1ccc2cn[nH]c2c1)N1CC[C@@]23CC[C@@H]1[C@@H]1Oc4c(O)ccc5c4[C@@]12CCN(CC1CC1)[C@@H]3C5. The average Bonchev–Trinajstić information content (AvgIpc) is 3.57. The van der Waals surface area contributed by atoms with Crippen molar-refractivity contribution in [2.45, 2.75) is 75.0 Å². The van der Waals surface area contributed by atoms with Crippen molar-refractivity contribution in [1.82, 2.24) is 20.0 Å². The second kappa shape index (κ2) is 7.32. The Bertz CT molecular complexity index is 1500. The van der Waals surface area contributed by atoms with E-state index in [0.717, 1.165) is 73.3 Å². The number of nitrogens with one attached hydrogen (secondary N) is 1. The Morgan fingerprint density at radius 1 is 1.13 bits per heavy atom. The van der Waals surface area contributed by atoms with Crippen LogP contribution in [-0.4, -0.2) is 68.8 Å². The molecule has 5 heterocycles. The van der Waals surface area contributed by atoms with Crippen molar-refractivity contribution in [2.75, 3.05) is 19.6 Å². The summed E-state index contributed by atoms with van der Waals surface area (Å²) in [6, 6.07) is 10.7. The number of aromatic amines is 1. The molecule has 4 aliphatic heterocycles. The molecule has 3 aromatic rings. The zero-order valence-corrected chi connectivity index (χ0v) is 21.7. The first-order chi connectivity index (χ1) is 18.6. The summed E-state index contributed by atoms with van der Waals surface area (Å²) in [5.41, 5.74) is 4.65. The number of carbonyl (C=O) groups is 1. The Labute approximate surface area is 222 Å². The fourth-order valence-corrected chi connectivity index (χ4v) is 9.67. The lowest BCUT2D eigenvalue weighted by molar-refractivity contribution is -0.143. The second-order valence-corrected chi connectivity index (χ2v) is 12.9. The number of phenolic OH excluding ortho intramolecular Hbond substituents is 1. The molecule has 2 N–H and O–H groups in total. The van der Waals surface area contributed by atoms with E-state index < -0.39 is 0 Å². The fraction of sp³-hybridized carbons (Fsp3) is 0.548. The summed E-state index contributed by atoms with van der Waals surface area (Å²) in [5.74, 6) is 2.04. The van der Waals surface area contributed by atoms with Crippen molar-refractivity contribution in [3.05, 3.63) is 53.2 Å². The zero-order valence-electron chi connectivity index (χ0n) is 21.7. The van der Waals surface area contributed by atoms with Gasteiger partial charge in [-0.15, -0.1) is 0 Å². The van der Waals surface area contributed by atoms with E-state index in [4.69, 9.17) is 4.74 Å². The minimum atomic E-state index is -0.105. The lowest BCUT2D eigenvalue weighted by atomic mass is 9.42. The third-order valence-electron chi connectivity index (χ3n) is 11.4. The predicted molar refractivity (Wildman–Crippen MR) is 142 cm³/mol. The fourth-order valence-electron chi connectivity index (χ4n) is 9.67. The number of fused-ring (bicyclic) bond motifs is 4. The number of piperidine rings is 1. The number of benzene rings is 2. The molecular formula is C31H34N4O3. The molecule has 0 radical (unpaired) electrons. The van der Waals surface area contributed by atoms with Crippen molar-refractivity contribution in [3.63, 3.8) is 0 Å². The Hall–Kier alpha value is -3.06. The molecular weight excluding hydrogens is 476 g/mol. The molecule has 2 saturated carbocycles. The summed E-state index contributed by atoms with van der Waals surface area (Å²) >= 11 is 0. The van der Waals surface area contributed by atoms with E-state index in [1.165, 1.54) is 30.5 Å². The highest BCUT2D eigenvalue weighted by molar-refractivity contribution is 5.83. The second-order valence-electron chi connectivity index (χ2n) is 12.9. The molecule has 5 atom stereocenters. The Morgan fingerprint density at radius 2 is 2.05 bits per heavy atom. The van der Waals surface area contributed by atoms with E-state index in [1.807, 2.05) is 18.3 Å². The molecule has 10 rings (SSSR count). The van der Waals surface area contributed by atoms with Crippen LogP contribution in [-0.2, 0) is 23.1 Å². The van der Waals surface area contributed by atoms with Gasteiger partial charge in [0.25, 0.3) is 0 Å². The standard InChI is InChI=1S/C31H34N4O3/c36-24-6-5-20-15-25-30-8-7-23(29-31(30,27(20)28(24)38-29)10-11-34(25)17-18-1-2-18)35(12-9-30)26(37)14-19-3-4-21-16-32-33-22(21)13-19/h3-6,13,16,18,23,25,29,36H,1-2,7-12,14-15,17H2,(H,32,33)/t23-,25-,29+,30-,31+/m1/s1. The number of phenols is 1. The number of hydrogen-bond acceptors (Lipinski definition) is 5. The number of likely N-dealkylation sites (tertiary alicyclic amines) is 1. The molecule has 4 bridgehead atoms. The van der Waals surface area contributed by atoms with Crippen LogP contribution < -0.4 is 4.74 Å². The van der Waals surface area contributed by atoms with Crippen LogP contribution in [0.3, 0.4) is 0 Å². The molecule has 0 unspecified atom stereocenters. The van der Waals surface area contributed by atoms with Crippen LogP contribution in [0, 0.1) is 11.3 Å². The lowest BCUT2D eigenvalue weighted by Crippen LogP contribution is -2.72. The van der Waals surface area contributed by atoms with Gasteiger partial charge in [-0.1, -0.05) is 18.2 Å². The average molecular weight is 511 g/mol. The molecule has 1 amide bonds. The largest absolute Gasteiger partial charge is 0.504 e. The number of H-pyrrole nitrogens is 1. The maximum atomic E-state index is 14.0. The molecule has 38 heavy (non-hydrogen) atoms. The molecule has 1 aromatic heterocycles. The number of aromatic hydroxyl groups is 1. The molecule has 196 valence electrons. The van der Waals surface area contributed by atoms with E-state index in [1.54, 1.807) is 0 Å². The monoisotopic (exact) mass is 510 g/mol. The molecule has 3 aliphatic carbocycles. The zero-order chi connectivity index (χ0) is 25.2. The first-order valence-electron chi connectivity index (χ1n) is 14.5. The minimum Gasteiger partial charge on any atom is -0.504 e. The number of rotatable bonds is 4. The Morgan fingerprint density at radius 3 is 2.95 bits per heavy atom. The van der Waals surface area contributed by atoms with Crippen LogP contribution in [0.25, 0.3) is 10.9 Å². The third-order valence-corrected chi connectivity index (χ3v) is 11.4. The van der Waals surface area contributed by atoms with Gasteiger partial charge < -0.3 is 14.7 Å². The van der Waals surface area contributed by atoms with Gasteiger partial charge in [0.05, 0.1) is 24.2 Å². The van der Waals surface area contributed by atoms with Crippen molar-refractivity contribution in [2.24, 2.45) is 11.3 Å². The van der Waals surface area contributed by atoms with Gasteiger partial charge in [0, 0.05) is 40.9 Å². The van der Waals surface area contributed by atoms with Gasteiger partial charge >= 0.3 is 0 Å². The number of hydrogen-bond donors (Lipinski definition) is 2. The summed E-state index contributed by atoms with van der Waals surface area (Å²) in [4.78, 5) is 19.0. The maximum Gasteiger partial charge on any atom is 0.227 e. The van der Waals surface area contributed by atoms with E-state index in [-0.39, 0.29) is 34.6 Å². The topological polar surface area (TPSA) is 81.7 Å². The van der Waals surface area contributed by atoms with Crippen molar-refractivity contribution < 1.29 is 14.6 Å². The van der Waals surface area contributed by atoms with Gasteiger partial charge in [0.1, 0.15) is 6.10 Å². The van der Waals surface area contributed by atoms with Gasteiger partial charge in [0.15, 0.2) is 11.5 Å². The molecule has 2 spiro atoms. The van der Waals surface area contributed by atoms with E-state index in [9.17, 15) is 9.90 Å². The quantitative estimate of drug-likeness (QED) is 0.556. The molecule has 7 heteroatoms. The van der Waals surface area contributed by atoms with E-state index in [0.29, 0.717) is 12.5 Å². The number of nitrogens with zero attached hydrogens (tertiary/aromatic N) is 3.